The number of H-pyrrole nitrogens is 1. The molecule has 0 atom stereocenters. The zero-order valence-electron chi connectivity index (χ0n) is 24.3. The minimum absolute atomic E-state index is 0.101. The monoisotopic (exact) mass is 572 g/mol. The van der Waals surface area contributed by atoms with Gasteiger partial charge in [0.25, 0.3) is 5.91 Å². The van der Waals surface area contributed by atoms with Gasteiger partial charge >= 0.3 is 0 Å². The fraction of sp³-hybridized carbons (Fsp3) is 0.406. The Morgan fingerprint density at radius 3 is 2.60 bits per heavy atom. The summed E-state index contributed by atoms with van der Waals surface area (Å²) in [5.41, 5.74) is 3.94. The first kappa shape index (κ1) is 28.1. The minimum atomic E-state index is -0.453. The van der Waals surface area contributed by atoms with Gasteiger partial charge in [0.05, 0.1) is 31.6 Å². The second-order valence-electron chi connectivity index (χ2n) is 11.3. The van der Waals surface area contributed by atoms with Gasteiger partial charge in [0.2, 0.25) is 0 Å². The molecule has 4 aromatic rings. The lowest BCUT2D eigenvalue weighted by atomic mass is 9.89. The first-order valence-corrected chi connectivity index (χ1v) is 14.5. The molecule has 6 rings (SSSR count). The predicted molar refractivity (Wildman–Crippen MR) is 161 cm³/mol. The first-order valence-electron chi connectivity index (χ1n) is 14.5. The van der Waals surface area contributed by atoms with Crippen LogP contribution in [0.15, 0.2) is 48.7 Å². The van der Waals surface area contributed by atoms with Crippen LogP contribution in [0.25, 0.3) is 33.4 Å². The standard InChI is InChI=1S/C32H37FN6O3/c1-38(2)32(40)26-16-20(18-27(33)30(26)35-22-8-10-23(11-9-22)39-12-14-42-15-13-39)21-17-25-29(36-37-31(25)34-19-21)24-6-4-5-7-28(24)41-3/h4-7,16-19,22-23,35H,8-15H2,1-3H3,(H,34,36,37). The first-order chi connectivity index (χ1) is 20.4. The molecule has 0 bridgehead atoms. The molecule has 1 saturated heterocycles. The predicted octanol–water partition coefficient (Wildman–Crippen LogP) is 5.20. The molecule has 0 radical (unpaired) electrons. The van der Waals surface area contributed by atoms with Crippen molar-refractivity contribution in [3.63, 3.8) is 0 Å². The van der Waals surface area contributed by atoms with Gasteiger partial charge in [-0.2, -0.15) is 5.10 Å². The molecule has 0 unspecified atom stereocenters. The van der Waals surface area contributed by atoms with E-state index < -0.39 is 5.82 Å². The molecule has 9 nitrogen and oxygen atoms in total. The SMILES string of the molecule is COc1ccccc1-c1n[nH]c2ncc(-c3cc(F)c(NC4CCC(N5CCOCC5)CC4)c(C(=O)N(C)C)c3)cc12. The van der Waals surface area contributed by atoms with Crippen molar-refractivity contribution in [1.82, 2.24) is 25.0 Å². The Bertz CT molecular complexity index is 1570. The smallest absolute Gasteiger partial charge is 0.255 e. The van der Waals surface area contributed by atoms with E-state index in [0.717, 1.165) is 62.9 Å². The zero-order chi connectivity index (χ0) is 29.2. The fourth-order valence-electron chi connectivity index (χ4n) is 6.17. The number of aromatic amines is 1. The molecule has 10 heteroatoms. The molecule has 2 aromatic heterocycles. The van der Waals surface area contributed by atoms with E-state index in [2.05, 4.69) is 25.4 Å². The van der Waals surface area contributed by atoms with Gasteiger partial charge in [-0.25, -0.2) is 9.37 Å². The molecule has 3 heterocycles. The summed E-state index contributed by atoms with van der Waals surface area (Å²) < 4.78 is 27.0. The number of pyridine rings is 1. The molecule has 0 spiro atoms. The minimum Gasteiger partial charge on any atom is -0.496 e. The van der Waals surface area contributed by atoms with Crippen molar-refractivity contribution in [2.75, 3.05) is 52.8 Å². The van der Waals surface area contributed by atoms with Crippen molar-refractivity contribution < 1.29 is 18.7 Å². The highest BCUT2D eigenvalue weighted by Gasteiger charge is 2.29. The van der Waals surface area contributed by atoms with Gasteiger partial charge in [-0.1, -0.05) is 12.1 Å². The molecule has 220 valence electrons. The number of morpholine rings is 1. The number of fused-ring (bicyclic) bond motifs is 1. The van der Waals surface area contributed by atoms with Gasteiger partial charge in [-0.05, 0) is 61.6 Å². The van der Waals surface area contributed by atoms with Crippen LogP contribution in [0.2, 0.25) is 0 Å². The number of para-hydroxylation sites is 1. The van der Waals surface area contributed by atoms with E-state index >= 15 is 4.39 Å². The van der Waals surface area contributed by atoms with Gasteiger partial charge in [0.15, 0.2) is 5.65 Å². The average Bonchev–Trinajstić information content (AvgIpc) is 3.45. The Kier molecular flexibility index (Phi) is 8.08. The number of halogens is 1. The van der Waals surface area contributed by atoms with Crippen molar-refractivity contribution in [1.29, 1.82) is 0 Å². The van der Waals surface area contributed by atoms with Crippen LogP contribution >= 0.6 is 0 Å². The third-order valence-corrected chi connectivity index (χ3v) is 8.45. The highest BCUT2D eigenvalue weighted by atomic mass is 19.1. The van der Waals surface area contributed by atoms with Crippen LogP contribution in [0, 0.1) is 5.82 Å². The Labute approximate surface area is 245 Å². The van der Waals surface area contributed by atoms with Crippen LogP contribution in [-0.2, 0) is 4.74 Å². The zero-order valence-corrected chi connectivity index (χ0v) is 24.3. The van der Waals surface area contributed by atoms with E-state index in [9.17, 15) is 4.79 Å². The fourth-order valence-corrected chi connectivity index (χ4v) is 6.17. The van der Waals surface area contributed by atoms with E-state index in [1.54, 1.807) is 33.5 Å². The van der Waals surface area contributed by atoms with E-state index in [1.165, 1.54) is 11.0 Å². The van der Waals surface area contributed by atoms with Gasteiger partial charge in [-0.15, -0.1) is 0 Å². The Morgan fingerprint density at radius 2 is 1.86 bits per heavy atom. The molecule has 2 fully saturated rings. The number of aromatic nitrogens is 3. The highest BCUT2D eigenvalue weighted by molar-refractivity contribution is 6.01. The van der Waals surface area contributed by atoms with Crippen LogP contribution < -0.4 is 10.1 Å². The molecule has 42 heavy (non-hydrogen) atoms. The van der Waals surface area contributed by atoms with Gasteiger partial charge in [-0.3, -0.25) is 14.8 Å². The number of hydrogen-bond acceptors (Lipinski definition) is 7. The molecule has 1 saturated carbocycles. The summed E-state index contributed by atoms with van der Waals surface area (Å²) in [4.78, 5) is 21.9. The number of nitrogens with zero attached hydrogens (tertiary/aromatic N) is 4. The quantitative estimate of drug-likeness (QED) is 0.314. The number of amides is 1. The second kappa shape index (κ2) is 12.1. The molecule has 1 aliphatic carbocycles. The molecule has 1 amide bonds. The van der Waals surface area contributed by atoms with Gasteiger partial charge < -0.3 is 19.7 Å². The van der Waals surface area contributed by atoms with Crippen molar-refractivity contribution in [3.8, 4) is 28.1 Å². The third-order valence-electron chi connectivity index (χ3n) is 8.45. The molecule has 1 aliphatic heterocycles. The normalized spacial score (nSPS) is 19.5. The summed E-state index contributed by atoms with van der Waals surface area (Å²) in [6.07, 6.45) is 5.60. The number of hydrogen-bond donors (Lipinski definition) is 2. The van der Waals surface area contributed by atoms with Crippen molar-refractivity contribution in [3.05, 3.63) is 60.0 Å². The largest absolute Gasteiger partial charge is 0.496 e. The number of carbonyl (C=O) groups excluding carboxylic acids is 1. The van der Waals surface area contributed by atoms with Crippen LogP contribution in [0.5, 0.6) is 5.75 Å². The Balaban J connectivity index is 1.30. The van der Waals surface area contributed by atoms with E-state index in [4.69, 9.17) is 9.47 Å². The van der Waals surface area contributed by atoms with Crippen molar-refractivity contribution >= 4 is 22.6 Å². The molecular weight excluding hydrogens is 535 g/mol. The lowest BCUT2D eigenvalue weighted by Crippen LogP contribution is -2.46. The summed E-state index contributed by atoms with van der Waals surface area (Å²) in [7, 11) is 4.99. The maximum absolute atomic E-state index is 15.9. The molecular formula is C32H37FN6O3. The Hall–Kier alpha value is -4.02. The van der Waals surface area contributed by atoms with E-state index in [1.807, 2.05) is 30.3 Å². The summed E-state index contributed by atoms with van der Waals surface area (Å²) in [5.74, 6) is -0.0202. The lowest BCUT2D eigenvalue weighted by molar-refractivity contribution is 0.00790. The van der Waals surface area contributed by atoms with Crippen LogP contribution in [-0.4, -0.2) is 90.5 Å². The number of carbonyl (C=O) groups is 1. The van der Waals surface area contributed by atoms with Gasteiger partial charge in [0.1, 0.15) is 17.3 Å². The van der Waals surface area contributed by atoms with Crippen molar-refractivity contribution in [2.45, 2.75) is 37.8 Å². The molecule has 2 aliphatic rings. The number of rotatable bonds is 7. The lowest BCUT2D eigenvalue weighted by Gasteiger charge is -2.39. The van der Waals surface area contributed by atoms with E-state index in [0.29, 0.717) is 39.8 Å². The van der Waals surface area contributed by atoms with Gasteiger partial charge in [0, 0.05) is 62.0 Å². The summed E-state index contributed by atoms with van der Waals surface area (Å²) in [5, 5.41) is 11.7. The second-order valence-corrected chi connectivity index (χ2v) is 11.3. The summed E-state index contributed by atoms with van der Waals surface area (Å²) in [6.45, 7) is 3.52. The average molecular weight is 573 g/mol. The molecule has 2 N–H and O–H groups in total. The van der Waals surface area contributed by atoms with Crippen LogP contribution in [0.4, 0.5) is 10.1 Å². The number of ether oxygens (including phenoxy) is 2. The number of nitrogens with one attached hydrogen (secondary N) is 2. The number of methoxy groups -OCH3 is 1. The number of anilines is 1. The molecule has 2 aromatic carbocycles. The number of benzene rings is 2. The maximum Gasteiger partial charge on any atom is 0.255 e. The van der Waals surface area contributed by atoms with Crippen molar-refractivity contribution in [2.24, 2.45) is 0 Å². The van der Waals surface area contributed by atoms with E-state index in [-0.39, 0.29) is 17.6 Å². The van der Waals surface area contributed by atoms with Crippen LogP contribution in [0.1, 0.15) is 36.0 Å². The summed E-state index contributed by atoms with van der Waals surface area (Å²) >= 11 is 0. The maximum atomic E-state index is 15.9. The topological polar surface area (TPSA) is 95.6 Å². The summed E-state index contributed by atoms with van der Waals surface area (Å²) in [6, 6.07) is 13.4. The Morgan fingerprint density at radius 1 is 1.10 bits per heavy atom. The highest BCUT2D eigenvalue weighted by Crippen LogP contribution is 2.36. The van der Waals surface area contributed by atoms with Crippen LogP contribution in [0.3, 0.4) is 0 Å². The third kappa shape index (κ3) is 5.56.